The van der Waals surface area contributed by atoms with Crippen LogP contribution in [0.3, 0.4) is 0 Å². The summed E-state index contributed by atoms with van der Waals surface area (Å²) in [6.45, 7) is 1.39. The van der Waals surface area contributed by atoms with E-state index in [1.165, 1.54) is 31.2 Å². The SMILES string of the molecule is CC(=O)Nc1ccc(N(S)C(=O)Nc2cccc([N+](=O)[O-])c2)cc1. The molecule has 0 atom stereocenters. The molecule has 8 nitrogen and oxygen atoms in total. The number of nitrogens with zero attached hydrogens (tertiary/aromatic N) is 2. The average Bonchev–Trinajstić information content (AvgIpc) is 2.54. The molecule has 0 radical (unpaired) electrons. The Hall–Kier alpha value is -3.07. The summed E-state index contributed by atoms with van der Waals surface area (Å²) in [5.74, 6) is -0.200. The molecule has 3 amide bonds. The van der Waals surface area contributed by atoms with Gasteiger partial charge >= 0.3 is 6.03 Å². The highest BCUT2D eigenvalue weighted by atomic mass is 32.1. The van der Waals surface area contributed by atoms with Crippen molar-refractivity contribution in [2.24, 2.45) is 0 Å². The van der Waals surface area contributed by atoms with Gasteiger partial charge in [-0.3, -0.25) is 14.9 Å². The molecule has 0 aliphatic rings. The van der Waals surface area contributed by atoms with Gasteiger partial charge in [-0.2, -0.15) is 0 Å². The number of anilines is 3. The number of hydrogen-bond acceptors (Lipinski definition) is 5. The molecule has 9 heteroatoms. The number of hydrogen-bond donors (Lipinski definition) is 3. The lowest BCUT2D eigenvalue weighted by Crippen LogP contribution is -2.26. The molecule has 0 aliphatic heterocycles. The minimum Gasteiger partial charge on any atom is -0.326 e. The molecule has 124 valence electrons. The Morgan fingerprint density at radius 1 is 1.08 bits per heavy atom. The first-order valence-corrected chi connectivity index (χ1v) is 7.19. The van der Waals surface area contributed by atoms with E-state index in [2.05, 4.69) is 23.4 Å². The average molecular weight is 346 g/mol. The van der Waals surface area contributed by atoms with Crippen molar-refractivity contribution in [2.45, 2.75) is 6.92 Å². The summed E-state index contributed by atoms with van der Waals surface area (Å²) in [7, 11) is 0. The second kappa shape index (κ2) is 7.47. The Labute approximate surface area is 143 Å². The maximum absolute atomic E-state index is 12.2. The number of nitro groups is 1. The van der Waals surface area contributed by atoms with Crippen molar-refractivity contribution >= 4 is 47.5 Å². The van der Waals surface area contributed by atoms with Crippen LogP contribution in [0.15, 0.2) is 48.5 Å². The minimum atomic E-state index is -0.578. The Balaban J connectivity index is 2.07. The van der Waals surface area contributed by atoms with Crippen LogP contribution < -0.4 is 14.9 Å². The van der Waals surface area contributed by atoms with Crippen LogP contribution in [0.5, 0.6) is 0 Å². The minimum absolute atomic E-state index is 0.127. The number of carbonyl (C=O) groups is 2. The summed E-state index contributed by atoms with van der Waals surface area (Å²) in [5, 5.41) is 15.9. The molecule has 0 unspecified atom stereocenters. The summed E-state index contributed by atoms with van der Waals surface area (Å²) < 4.78 is 1.05. The maximum atomic E-state index is 12.2. The van der Waals surface area contributed by atoms with Crippen molar-refractivity contribution in [1.82, 2.24) is 0 Å². The predicted octanol–water partition coefficient (Wildman–Crippen LogP) is 3.44. The van der Waals surface area contributed by atoms with E-state index in [0.717, 1.165) is 4.31 Å². The molecular formula is C15H14N4O4S. The van der Waals surface area contributed by atoms with Crippen LogP contribution in [0.4, 0.5) is 27.5 Å². The number of carbonyl (C=O) groups excluding carboxylic acids is 2. The molecule has 2 aromatic rings. The monoisotopic (exact) mass is 346 g/mol. The van der Waals surface area contributed by atoms with Gasteiger partial charge in [0.05, 0.1) is 10.6 Å². The number of rotatable bonds is 4. The molecule has 2 N–H and O–H groups in total. The molecule has 0 saturated carbocycles. The third-order valence-corrected chi connectivity index (χ3v) is 3.35. The predicted molar refractivity (Wildman–Crippen MR) is 94.3 cm³/mol. The molecule has 0 heterocycles. The molecule has 0 fully saturated rings. The number of non-ortho nitro benzene ring substituents is 1. The highest BCUT2D eigenvalue weighted by Gasteiger charge is 2.14. The van der Waals surface area contributed by atoms with Crippen molar-refractivity contribution in [3.05, 3.63) is 58.6 Å². The maximum Gasteiger partial charge on any atom is 0.336 e. The number of amides is 3. The number of nitro benzene ring substituents is 1. The van der Waals surface area contributed by atoms with Crippen LogP contribution in [0, 0.1) is 10.1 Å². The first-order chi connectivity index (χ1) is 11.4. The lowest BCUT2D eigenvalue weighted by atomic mass is 10.2. The first-order valence-electron chi connectivity index (χ1n) is 6.79. The van der Waals surface area contributed by atoms with E-state index in [9.17, 15) is 19.7 Å². The second-order valence-electron chi connectivity index (χ2n) is 4.78. The highest BCUT2D eigenvalue weighted by Crippen LogP contribution is 2.22. The summed E-state index contributed by atoms with van der Waals surface area (Å²) in [6.07, 6.45) is 0. The molecule has 2 rings (SSSR count). The second-order valence-corrected chi connectivity index (χ2v) is 5.18. The first kappa shape index (κ1) is 17.3. The van der Waals surface area contributed by atoms with Gasteiger partial charge in [-0.25, -0.2) is 9.10 Å². The lowest BCUT2D eigenvalue weighted by molar-refractivity contribution is -0.384. The molecule has 2 aromatic carbocycles. The van der Waals surface area contributed by atoms with Crippen molar-refractivity contribution < 1.29 is 14.5 Å². The van der Waals surface area contributed by atoms with E-state index in [1.807, 2.05) is 0 Å². The van der Waals surface area contributed by atoms with Gasteiger partial charge < -0.3 is 10.6 Å². The van der Waals surface area contributed by atoms with Gasteiger partial charge in [0.15, 0.2) is 0 Å². The Morgan fingerprint density at radius 2 is 1.75 bits per heavy atom. The van der Waals surface area contributed by atoms with Crippen molar-refractivity contribution in [1.29, 1.82) is 0 Å². The van der Waals surface area contributed by atoms with Crippen molar-refractivity contribution in [2.75, 3.05) is 14.9 Å². The molecule has 0 saturated heterocycles. The summed E-state index contributed by atoms with van der Waals surface area (Å²) in [4.78, 5) is 33.3. The van der Waals surface area contributed by atoms with Gasteiger partial charge in [0.25, 0.3) is 5.69 Å². The zero-order valence-corrected chi connectivity index (χ0v) is 13.5. The van der Waals surface area contributed by atoms with E-state index in [1.54, 1.807) is 24.3 Å². The zero-order chi connectivity index (χ0) is 17.7. The molecule has 24 heavy (non-hydrogen) atoms. The summed E-state index contributed by atoms with van der Waals surface area (Å²) >= 11 is 4.12. The topological polar surface area (TPSA) is 105 Å². The van der Waals surface area contributed by atoms with Crippen molar-refractivity contribution in [3.63, 3.8) is 0 Å². The fraction of sp³-hybridized carbons (Fsp3) is 0.0667. The smallest absolute Gasteiger partial charge is 0.326 e. The summed E-state index contributed by atoms with van der Waals surface area (Å²) in [5.41, 5.74) is 1.21. The van der Waals surface area contributed by atoms with Crippen molar-refractivity contribution in [3.8, 4) is 0 Å². The third-order valence-electron chi connectivity index (χ3n) is 2.93. The largest absolute Gasteiger partial charge is 0.336 e. The Bertz CT molecular complexity index is 779. The quantitative estimate of drug-likeness (QED) is 0.448. The number of thiol groups is 1. The van der Waals surface area contributed by atoms with E-state index in [4.69, 9.17) is 0 Å². The highest BCUT2D eigenvalue weighted by molar-refractivity contribution is 7.82. The van der Waals surface area contributed by atoms with Gasteiger partial charge in [0, 0.05) is 30.4 Å². The molecule has 0 bridgehead atoms. The van der Waals surface area contributed by atoms with Gasteiger partial charge in [0.1, 0.15) is 0 Å². The molecule has 0 spiro atoms. The van der Waals surface area contributed by atoms with Crippen LogP contribution in [0.1, 0.15) is 6.92 Å². The molecule has 0 aromatic heterocycles. The normalized spacial score (nSPS) is 9.92. The fourth-order valence-corrected chi connectivity index (χ4v) is 2.06. The fourth-order valence-electron chi connectivity index (χ4n) is 1.88. The number of benzene rings is 2. The molecule has 0 aliphatic carbocycles. The van der Waals surface area contributed by atoms with Crippen LogP contribution in [-0.2, 0) is 4.79 Å². The van der Waals surface area contributed by atoms with E-state index in [-0.39, 0.29) is 17.3 Å². The lowest BCUT2D eigenvalue weighted by Gasteiger charge is -2.17. The van der Waals surface area contributed by atoms with Gasteiger partial charge in [-0.05, 0) is 30.3 Å². The van der Waals surface area contributed by atoms with Gasteiger partial charge in [-0.1, -0.05) is 18.9 Å². The number of nitrogens with one attached hydrogen (secondary N) is 2. The third kappa shape index (κ3) is 4.46. The van der Waals surface area contributed by atoms with E-state index in [0.29, 0.717) is 11.4 Å². The zero-order valence-electron chi connectivity index (χ0n) is 12.6. The Morgan fingerprint density at radius 3 is 2.33 bits per heavy atom. The van der Waals surface area contributed by atoms with Crippen LogP contribution in [0.2, 0.25) is 0 Å². The van der Waals surface area contributed by atoms with Crippen LogP contribution in [-0.4, -0.2) is 16.9 Å². The van der Waals surface area contributed by atoms with Crippen LogP contribution in [0.25, 0.3) is 0 Å². The van der Waals surface area contributed by atoms with Gasteiger partial charge in [-0.15, -0.1) is 0 Å². The van der Waals surface area contributed by atoms with Gasteiger partial charge in [0.2, 0.25) is 5.91 Å². The van der Waals surface area contributed by atoms with E-state index < -0.39 is 11.0 Å². The Kier molecular flexibility index (Phi) is 5.38. The van der Waals surface area contributed by atoms with Crippen LogP contribution >= 0.6 is 12.8 Å². The summed E-state index contributed by atoms with van der Waals surface area (Å²) in [6, 6.07) is 11.5. The molecular weight excluding hydrogens is 332 g/mol. The standard InChI is InChI=1S/C15H14N4O4S/c1-10(20)16-11-5-7-13(8-6-11)18(24)15(21)17-12-3-2-4-14(9-12)19(22)23/h2-9,24H,1H3,(H,16,20)(H,17,21). The number of urea groups is 1. The van der Waals surface area contributed by atoms with E-state index >= 15 is 0 Å².